The third-order valence-corrected chi connectivity index (χ3v) is 6.32. The average molecular weight is 503 g/mol. The summed E-state index contributed by atoms with van der Waals surface area (Å²) >= 11 is 3.44. The summed E-state index contributed by atoms with van der Waals surface area (Å²) in [6.45, 7) is 4.70. The molecule has 1 aliphatic rings. The lowest BCUT2D eigenvalue weighted by molar-refractivity contribution is -0.120. The Labute approximate surface area is 193 Å². The molecule has 2 aromatic carbocycles. The van der Waals surface area contributed by atoms with Crippen LogP contribution in [-0.4, -0.2) is 61.1 Å². The van der Waals surface area contributed by atoms with Crippen molar-refractivity contribution in [1.82, 2.24) is 9.88 Å². The fourth-order valence-corrected chi connectivity index (χ4v) is 4.32. The van der Waals surface area contributed by atoms with Gasteiger partial charge in [0.2, 0.25) is 5.91 Å². The molecule has 1 fully saturated rings. The number of methoxy groups -OCH3 is 1. The number of H-pyrrole nitrogens is 1. The van der Waals surface area contributed by atoms with Gasteiger partial charge >= 0.3 is 5.97 Å². The number of piperazine rings is 1. The van der Waals surface area contributed by atoms with Crippen LogP contribution < -0.4 is 10.2 Å². The van der Waals surface area contributed by atoms with Gasteiger partial charge in [0.25, 0.3) is 0 Å². The van der Waals surface area contributed by atoms with Crippen LogP contribution in [0.5, 0.6) is 0 Å². The zero-order chi connectivity index (χ0) is 22.8. The summed E-state index contributed by atoms with van der Waals surface area (Å²) in [7, 11) is 1.30. The van der Waals surface area contributed by atoms with Gasteiger partial charge in [-0.15, -0.1) is 0 Å². The number of hydrogen-bond acceptors (Lipinski definition) is 5. The van der Waals surface area contributed by atoms with Gasteiger partial charge in [-0.2, -0.15) is 0 Å². The quantitative estimate of drug-likeness (QED) is 0.515. The summed E-state index contributed by atoms with van der Waals surface area (Å²) in [6.07, 6.45) is 0. The van der Waals surface area contributed by atoms with E-state index in [4.69, 9.17) is 4.74 Å². The molecule has 1 saturated heterocycles. The van der Waals surface area contributed by atoms with Crippen LogP contribution in [-0.2, 0) is 9.53 Å². The van der Waals surface area contributed by atoms with Crippen molar-refractivity contribution >= 4 is 50.1 Å². The van der Waals surface area contributed by atoms with Crippen LogP contribution in [0.25, 0.3) is 10.9 Å². The Hall–Kier alpha value is -2.91. The number of rotatable bonds is 5. The zero-order valence-corrected chi connectivity index (χ0v) is 19.4. The fourth-order valence-electron chi connectivity index (χ4n) is 3.96. The number of ether oxygens (including phenoxy) is 1. The number of fused-ring (bicyclic) bond motifs is 1. The number of nitrogens with zero attached hydrogens (tertiary/aromatic N) is 2. The summed E-state index contributed by atoms with van der Waals surface area (Å²) in [5, 5.41) is 3.66. The van der Waals surface area contributed by atoms with Crippen LogP contribution in [0.2, 0.25) is 0 Å². The number of aromatic amines is 1. The number of hydrogen-bond donors (Lipinski definition) is 2. The number of carbonyl (C=O) groups is 2. The predicted octanol–water partition coefficient (Wildman–Crippen LogP) is 4.01. The van der Waals surface area contributed by atoms with E-state index in [1.54, 1.807) is 12.1 Å². The van der Waals surface area contributed by atoms with Crippen molar-refractivity contribution in [2.45, 2.75) is 13.0 Å². The monoisotopic (exact) mass is 502 g/mol. The van der Waals surface area contributed by atoms with Gasteiger partial charge in [-0.1, -0.05) is 15.9 Å². The maximum absolute atomic E-state index is 13.2. The molecule has 0 unspecified atom stereocenters. The van der Waals surface area contributed by atoms with Gasteiger partial charge in [0.1, 0.15) is 11.5 Å². The molecule has 3 aromatic rings. The predicted molar refractivity (Wildman–Crippen MR) is 126 cm³/mol. The molecular weight excluding hydrogens is 479 g/mol. The van der Waals surface area contributed by atoms with Crippen LogP contribution >= 0.6 is 15.9 Å². The largest absolute Gasteiger partial charge is 0.464 e. The highest BCUT2D eigenvalue weighted by Crippen LogP contribution is 2.31. The van der Waals surface area contributed by atoms with Crippen LogP contribution in [0, 0.1) is 5.82 Å². The van der Waals surface area contributed by atoms with Gasteiger partial charge in [-0.25, -0.2) is 9.18 Å². The molecule has 0 bridgehead atoms. The first-order valence-electron chi connectivity index (χ1n) is 10.3. The Morgan fingerprint density at radius 3 is 2.47 bits per heavy atom. The van der Waals surface area contributed by atoms with Crippen molar-refractivity contribution in [3.8, 4) is 0 Å². The van der Waals surface area contributed by atoms with Gasteiger partial charge in [0.15, 0.2) is 0 Å². The van der Waals surface area contributed by atoms with E-state index in [0.29, 0.717) is 18.8 Å². The first kappa shape index (κ1) is 22.3. The maximum Gasteiger partial charge on any atom is 0.356 e. The number of aromatic nitrogens is 1. The molecule has 9 heteroatoms. The van der Waals surface area contributed by atoms with Crippen molar-refractivity contribution in [2.75, 3.05) is 43.5 Å². The van der Waals surface area contributed by atoms with Gasteiger partial charge in [-0.05, 0) is 49.4 Å². The zero-order valence-electron chi connectivity index (χ0n) is 17.8. The van der Waals surface area contributed by atoms with Gasteiger partial charge in [0.05, 0.1) is 18.8 Å². The van der Waals surface area contributed by atoms with E-state index in [1.807, 2.05) is 25.1 Å². The number of esters is 1. The lowest BCUT2D eigenvalue weighted by Crippen LogP contribution is -2.52. The Bertz CT molecular complexity index is 1140. The highest BCUT2D eigenvalue weighted by Gasteiger charge is 2.28. The van der Waals surface area contributed by atoms with E-state index in [9.17, 15) is 14.0 Å². The third-order valence-electron chi connectivity index (χ3n) is 5.83. The summed E-state index contributed by atoms with van der Waals surface area (Å²) in [6, 6.07) is 11.6. The number of halogens is 2. The van der Waals surface area contributed by atoms with E-state index < -0.39 is 12.0 Å². The van der Waals surface area contributed by atoms with E-state index >= 15 is 0 Å². The van der Waals surface area contributed by atoms with Gasteiger partial charge < -0.3 is 19.9 Å². The minimum atomic E-state index is -0.548. The van der Waals surface area contributed by atoms with E-state index in [0.717, 1.165) is 34.2 Å². The van der Waals surface area contributed by atoms with Crippen LogP contribution in [0.1, 0.15) is 17.4 Å². The lowest BCUT2D eigenvalue weighted by atomic mass is 10.1. The van der Waals surface area contributed by atoms with E-state index in [-0.39, 0.29) is 17.4 Å². The molecule has 1 aliphatic heterocycles. The Morgan fingerprint density at radius 2 is 1.81 bits per heavy atom. The molecule has 0 aliphatic carbocycles. The fraction of sp³-hybridized carbons (Fsp3) is 0.304. The molecular formula is C23H24BrFN4O3. The van der Waals surface area contributed by atoms with Crippen molar-refractivity contribution in [1.29, 1.82) is 0 Å². The standard InChI is InChI=1S/C23H24BrFN4O3/c1-14(28-9-11-29(12-10-28)17-6-4-16(25)5-7-17)22(30)27-20-18-13-15(24)3-8-19(18)26-21(20)23(31)32-2/h3-8,13-14,26H,9-12H2,1-2H3,(H,27,30)/t14-/m0/s1. The summed E-state index contributed by atoms with van der Waals surface area (Å²) in [5.74, 6) is -1.01. The van der Waals surface area contributed by atoms with Crippen molar-refractivity contribution in [3.05, 3.63) is 58.4 Å². The van der Waals surface area contributed by atoms with Crippen LogP contribution in [0.4, 0.5) is 15.8 Å². The molecule has 0 spiro atoms. The first-order chi connectivity index (χ1) is 15.4. The van der Waals surface area contributed by atoms with Crippen molar-refractivity contribution in [3.63, 3.8) is 0 Å². The molecule has 2 heterocycles. The minimum absolute atomic E-state index is 0.203. The minimum Gasteiger partial charge on any atom is -0.464 e. The van der Waals surface area contributed by atoms with Crippen molar-refractivity contribution < 1.29 is 18.7 Å². The number of amides is 1. The molecule has 1 amide bonds. The second-order valence-corrected chi connectivity index (χ2v) is 8.64. The Balaban J connectivity index is 1.47. The smallest absolute Gasteiger partial charge is 0.356 e. The molecule has 7 nitrogen and oxygen atoms in total. The number of benzene rings is 2. The summed E-state index contributed by atoms with van der Waals surface area (Å²) in [5.41, 5.74) is 2.32. The Morgan fingerprint density at radius 1 is 1.12 bits per heavy atom. The second kappa shape index (κ2) is 9.30. The maximum atomic E-state index is 13.2. The molecule has 168 valence electrons. The molecule has 1 atom stereocenters. The molecule has 32 heavy (non-hydrogen) atoms. The molecule has 1 aromatic heterocycles. The van der Waals surface area contributed by atoms with E-state index in [2.05, 4.69) is 36.0 Å². The van der Waals surface area contributed by atoms with Crippen LogP contribution in [0.15, 0.2) is 46.9 Å². The summed E-state index contributed by atoms with van der Waals surface area (Å²) < 4.78 is 18.9. The SMILES string of the molecule is COC(=O)c1[nH]c2ccc(Br)cc2c1NC(=O)[C@H](C)N1CCN(c2ccc(F)cc2)CC1. The molecule has 0 saturated carbocycles. The third kappa shape index (κ3) is 4.49. The van der Waals surface area contributed by atoms with Gasteiger partial charge in [-0.3, -0.25) is 9.69 Å². The first-order valence-corrected chi connectivity index (χ1v) is 11.1. The topological polar surface area (TPSA) is 77.7 Å². The van der Waals surface area contributed by atoms with Crippen molar-refractivity contribution in [2.24, 2.45) is 0 Å². The highest BCUT2D eigenvalue weighted by molar-refractivity contribution is 9.10. The molecule has 2 N–H and O–H groups in total. The number of anilines is 2. The number of nitrogens with one attached hydrogen (secondary N) is 2. The lowest BCUT2D eigenvalue weighted by Gasteiger charge is -2.38. The molecule has 0 radical (unpaired) electrons. The van der Waals surface area contributed by atoms with E-state index in [1.165, 1.54) is 19.2 Å². The van der Waals surface area contributed by atoms with Gasteiger partial charge in [0, 0.05) is 47.2 Å². The second-order valence-electron chi connectivity index (χ2n) is 7.72. The molecule has 4 rings (SSSR count). The highest BCUT2D eigenvalue weighted by atomic mass is 79.9. The summed E-state index contributed by atoms with van der Waals surface area (Å²) in [4.78, 5) is 32.7. The normalized spacial score (nSPS) is 15.6. The van der Waals surface area contributed by atoms with Crippen LogP contribution in [0.3, 0.4) is 0 Å². The number of carbonyl (C=O) groups excluding carboxylic acids is 2. The average Bonchev–Trinajstić information content (AvgIpc) is 3.16. The Kier molecular flexibility index (Phi) is 6.48.